The van der Waals surface area contributed by atoms with Gasteiger partial charge in [-0.2, -0.15) is 0 Å². The van der Waals surface area contributed by atoms with E-state index in [0.717, 1.165) is 5.69 Å². The first-order chi connectivity index (χ1) is 12.0. The van der Waals surface area contributed by atoms with Gasteiger partial charge in [-0.3, -0.25) is 4.79 Å². The molecule has 2 aromatic carbocycles. The summed E-state index contributed by atoms with van der Waals surface area (Å²) < 4.78 is 0. The fraction of sp³-hybridized carbons (Fsp3) is 0.0556. The third-order valence-electron chi connectivity index (χ3n) is 3.40. The number of hydrogen-bond acceptors (Lipinski definition) is 4. The van der Waals surface area contributed by atoms with E-state index in [4.69, 9.17) is 23.2 Å². The summed E-state index contributed by atoms with van der Waals surface area (Å²) in [6, 6.07) is 12.7. The van der Waals surface area contributed by atoms with E-state index in [-0.39, 0.29) is 5.91 Å². The van der Waals surface area contributed by atoms with Gasteiger partial charge in [-0.15, -0.1) is 0 Å². The first-order valence-electron chi connectivity index (χ1n) is 7.43. The number of nitrogens with one attached hydrogen (secondary N) is 2. The molecule has 3 rings (SSSR count). The molecule has 126 valence electrons. The molecule has 0 atom stereocenters. The summed E-state index contributed by atoms with van der Waals surface area (Å²) >= 11 is 11.9. The van der Waals surface area contributed by atoms with Gasteiger partial charge in [0.2, 0.25) is 5.95 Å². The number of hydrogen-bond donors (Lipinski definition) is 2. The van der Waals surface area contributed by atoms with E-state index >= 15 is 0 Å². The van der Waals surface area contributed by atoms with Crippen LogP contribution in [0.15, 0.2) is 54.9 Å². The number of rotatable bonds is 4. The minimum atomic E-state index is -0.355. The molecule has 3 aromatic rings. The lowest BCUT2D eigenvalue weighted by Gasteiger charge is -2.08. The minimum absolute atomic E-state index is 0.320. The number of halogens is 2. The number of aromatic nitrogens is 2. The molecule has 1 amide bonds. The summed E-state index contributed by atoms with van der Waals surface area (Å²) in [5, 5.41) is 6.63. The summed E-state index contributed by atoms with van der Waals surface area (Å²) in [6.07, 6.45) is 2.89. The van der Waals surface area contributed by atoms with Gasteiger partial charge in [-0.05, 0) is 37.3 Å². The van der Waals surface area contributed by atoms with E-state index in [2.05, 4.69) is 20.6 Å². The molecule has 25 heavy (non-hydrogen) atoms. The highest BCUT2D eigenvalue weighted by Gasteiger charge is 2.10. The Hall–Kier alpha value is -2.63. The molecule has 1 heterocycles. The van der Waals surface area contributed by atoms with Crippen LogP contribution in [0.4, 0.5) is 17.3 Å². The molecule has 0 radical (unpaired) electrons. The van der Waals surface area contributed by atoms with Crippen LogP contribution in [0.3, 0.4) is 0 Å². The summed E-state index contributed by atoms with van der Waals surface area (Å²) in [7, 11) is 0. The molecule has 0 saturated heterocycles. The van der Waals surface area contributed by atoms with Gasteiger partial charge in [0, 0.05) is 23.1 Å². The molecule has 1 aromatic heterocycles. The fourth-order valence-electron chi connectivity index (χ4n) is 2.06. The van der Waals surface area contributed by atoms with Crippen LogP contribution in [0.1, 0.15) is 15.9 Å². The number of carbonyl (C=O) groups is 1. The molecule has 2 N–H and O–H groups in total. The summed E-state index contributed by atoms with van der Waals surface area (Å²) in [5.74, 6) is 0.0519. The average Bonchev–Trinajstić information content (AvgIpc) is 2.60. The number of benzene rings is 2. The standard InChI is InChI=1S/C18H14Cl2N4O/c1-11-2-5-14(6-3-11)23-18-21-9-12(10-22-18)17(25)24-16-7-4-13(19)8-15(16)20/h2-10H,1H3,(H,24,25)(H,21,22,23). The molecule has 0 fully saturated rings. The Morgan fingerprint density at radius 1 is 1.00 bits per heavy atom. The molecule has 0 unspecified atom stereocenters. The molecule has 5 nitrogen and oxygen atoms in total. The van der Waals surface area contributed by atoms with Gasteiger partial charge in [0.05, 0.1) is 16.3 Å². The lowest BCUT2D eigenvalue weighted by atomic mass is 10.2. The van der Waals surface area contributed by atoms with Crippen molar-refractivity contribution in [1.29, 1.82) is 0 Å². The predicted octanol–water partition coefficient (Wildman–Crippen LogP) is 5.09. The monoisotopic (exact) mass is 372 g/mol. The summed E-state index contributed by atoms with van der Waals surface area (Å²) in [6.45, 7) is 2.01. The Bertz CT molecular complexity index is 896. The van der Waals surface area contributed by atoms with Gasteiger partial charge >= 0.3 is 0 Å². The van der Waals surface area contributed by atoms with Crippen LogP contribution in [0.25, 0.3) is 0 Å². The maximum atomic E-state index is 12.3. The Kier molecular flexibility index (Phi) is 5.16. The summed E-state index contributed by atoms with van der Waals surface area (Å²) in [5.41, 5.74) is 2.83. The van der Waals surface area contributed by atoms with E-state index in [9.17, 15) is 4.79 Å². The van der Waals surface area contributed by atoms with E-state index in [1.165, 1.54) is 18.0 Å². The molecule has 0 aliphatic heterocycles. The van der Waals surface area contributed by atoms with Gasteiger partial charge in [0.25, 0.3) is 5.91 Å². The van der Waals surface area contributed by atoms with Crippen LogP contribution in [0.2, 0.25) is 10.0 Å². The van der Waals surface area contributed by atoms with Gasteiger partial charge in [0.15, 0.2) is 0 Å². The third kappa shape index (κ3) is 4.47. The van der Waals surface area contributed by atoms with Crippen molar-refractivity contribution in [2.75, 3.05) is 10.6 Å². The molecule has 7 heteroatoms. The van der Waals surface area contributed by atoms with Crippen molar-refractivity contribution in [2.45, 2.75) is 6.92 Å². The maximum absolute atomic E-state index is 12.3. The Labute approximate surface area is 155 Å². The van der Waals surface area contributed by atoms with Gasteiger partial charge in [-0.25, -0.2) is 9.97 Å². The fourth-order valence-corrected chi connectivity index (χ4v) is 2.52. The average molecular weight is 373 g/mol. The van der Waals surface area contributed by atoms with E-state index < -0.39 is 0 Å². The van der Waals surface area contributed by atoms with Crippen LogP contribution >= 0.6 is 23.2 Å². The Balaban J connectivity index is 1.68. The highest BCUT2D eigenvalue weighted by Crippen LogP contribution is 2.25. The maximum Gasteiger partial charge on any atom is 0.258 e. The number of anilines is 3. The Morgan fingerprint density at radius 2 is 1.68 bits per heavy atom. The predicted molar refractivity (Wildman–Crippen MR) is 101 cm³/mol. The number of carbonyl (C=O) groups excluding carboxylic acids is 1. The summed E-state index contributed by atoms with van der Waals surface area (Å²) in [4.78, 5) is 20.6. The minimum Gasteiger partial charge on any atom is -0.324 e. The van der Waals surface area contributed by atoms with Crippen LogP contribution in [-0.4, -0.2) is 15.9 Å². The number of amides is 1. The normalized spacial score (nSPS) is 10.4. The van der Waals surface area contributed by atoms with Crippen molar-refractivity contribution in [3.8, 4) is 0 Å². The van der Waals surface area contributed by atoms with Crippen molar-refractivity contribution in [2.24, 2.45) is 0 Å². The van der Waals surface area contributed by atoms with Crippen molar-refractivity contribution < 1.29 is 4.79 Å². The second kappa shape index (κ2) is 7.51. The smallest absolute Gasteiger partial charge is 0.258 e. The zero-order chi connectivity index (χ0) is 17.8. The zero-order valence-corrected chi connectivity index (χ0v) is 14.8. The van der Waals surface area contributed by atoms with Crippen LogP contribution < -0.4 is 10.6 Å². The largest absolute Gasteiger partial charge is 0.324 e. The molecule has 0 spiro atoms. The third-order valence-corrected chi connectivity index (χ3v) is 3.95. The second-order valence-electron chi connectivity index (χ2n) is 5.36. The Morgan fingerprint density at radius 3 is 2.32 bits per heavy atom. The molecule has 0 saturated carbocycles. The number of aryl methyl sites for hydroxylation is 1. The van der Waals surface area contributed by atoms with Gasteiger partial charge < -0.3 is 10.6 Å². The lowest BCUT2D eigenvalue weighted by Crippen LogP contribution is -2.13. The van der Waals surface area contributed by atoms with E-state index in [1.807, 2.05) is 31.2 Å². The van der Waals surface area contributed by atoms with Crippen molar-refractivity contribution >= 4 is 46.4 Å². The first kappa shape index (κ1) is 17.2. The van der Waals surface area contributed by atoms with Gasteiger partial charge in [0.1, 0.15) is 0 Å². The second-order valence-corrected chi connectivity index (χ2v) is 6.21. The van der Waals surface area contributed by atoms with Crippen molar-refractivity contribution in [3.63, 3.8) is 0 Å². The van der Waals surface area contributed by atoms with Crippen LogP contribution in [-0.2, 0) is 0 Å². The van der Waals surface area contributed by atoms with Crippen molar-refractivity contribution in [1.82, 2.24) is 9.97 Å². The van der Waals surface area contributed by atoms with E-state index in [1.54, 1.807) is 18.2 Å². The first-order valence-corrected chi connectivity index (χ1v) is 8.19. The number of nitrogens with zero attached hydrogens (tertiary/aromatic N) is 2. The van der Waals surface area contributed by atoms with Gasteiger partial charge in [-0.1, -0.05) is 40.9 Å². The quantitative estimate of drug-likeness (QED) is 0.669. The molecular weight excluding hydrogens is 359 g/mol. The molecule has 0 aliphatic carbocycles. The lowest BCUT2D eigenvalue weighted by molar-refractivity contribution is 0.102. The zero-order valence-electron chi connectivity index (χ0n) is 13.3. The molecule has 0 aliphatic rings. The highest BCUT2D eigenvalue weighted by molar-refractivity contribution is 6.36. The molecular formula is C18H14Cl2N4O. The van der Waals surface area contributed by atoms with Crippen LogP contribution in [0, 0.1) is 6.92 Å². The topological polar surface area (TPSA) is 66.9 Å². The van der Waals surface area contributed by atoms with Crippen LogP contribution in [0.5, 0.6) is 0 Å². The highest BCUT2D eigenvalue weighted by atomic mass is 35.5. The van der Waals surface area contributed by atoms with Crippen molar-refractivity contribution in [3.05, 3.63) is 76.0 Å². The molecule has 0 bridgehead atoms. The van der Waals surface area contributed by atoms with E-state index in [0.29, 0.717) is 27.2 Å². The SMILES string of the molecule is Cc1ccc(Nc2ncc(C(=O)Nc3ccc(Cl)cc3Cl)cn2)cc1.